The van der Waals surface area contributed by atoms with Gasteiger partial charge in [-0.3, -0.25) is 9.36 Å². The summed E-state index contributed by atoms with van der Waals surface area (Å²) in [4.78, 5) is 17.3. The summed E-state index contributed by atoms with van der Waals surface area (Å²) in [6.07, 6.45) is 3.39. The van der Waals surface area contributed by atoms with E-state index >= 15 is 0 Å². The summed E-state index contributed by atoms with van der Waals surface area (Å²) in [6, 6.07) is 7.06. The first-order chi connectivity index (χ1) is 10.4. The van der Waals surface area contributed by atoms with Crippen molar-refractivity contribution >= 4 is 20.9 Å². The molecule has 2 bridgehead atoms. The average molecular weight is 319 g/mol. The Labute approximate surface area is 128 Å². The van der Waals surface area contributed by atoms with Gasteiger partial charge in [0.2, 0.25) is 10.0 Å². The zero-order chi connectivity index (χ0) is 15.5. The Morgan fingerprint density at radius 2 is 1.91 bits per heavy atom. The lowest BCUT2D eigenvalue weighted by atomic mass is 10.1. The van der Waals surface area contributed by atoms with Crippen LogP contribution in [-0.4, -0.2) is 40.6 Å². The molecule has 1 aromatic carbocycles. The van der Waals surface area contributed by atoms with Gasteiger partial charge in [-0.25, -0.2) is 13.4 Å². The van der Waals surface area contributed by atoms with Crippen molar-refractivity contribution in [1.29, 1.82) is 0 Å². The van der Waals surface area contributed by atoms with E-state index in [-0.39, 0.29) is 17.6 Å². The fourth-order valence-corrected chi connectivity index (χ4v) is 5.26. The molecule has 7 heteroatoms. The number of para-hydroxylation sites is 1. The first-order valence-electron chi connectivity index (χ1n) is 7.42. The minimum Gasteiger partial charge on any atom is -0.294 e. The van der Waals surface area contributed by atoms with Crippen molar-refractivity contribution in [2.75, 3.05) is 6.26 Å². The van der Waals surface area contributed by atoms with Crippen molar-refractivity contribution in [3.63, 3.8) is 0 Å². The highest BCUT2D eigenvalue weighted by Gasteiger charge is 2.42. The van der Waals surface area contributed by atoms with Crippen molar-refractivity contribution in [1.82, 2.24) is 13.9 Å². The second kappa shape index (κ2) is 4.63. The number of hydrogen-bond donors (Lipinski definition) is 0. The van der Waals surface area contributed by atoms with E-state index in [4.69, 9.17) is 0 Å². The maximum Gasteiger partial charge on any atom is 0.261 e. The fourth-order valence-electron chi connectivity index (χ4n) is 3.82. The molecule has 4 rings (SSSR count). The third-order valence-electron chi connectivity index (χ3n) is 4.69. The molecule has 1 aromatic heterocycles. The molecule has 116 valence electrons. The van der Waals surface area contributed by atoms with Crippen molar-refractivity contribution in [2.45, 2.75) is 37.9 Å². The summed E-state index contributed by atoms with van der Waals surface area (Å²) in [5.41, 5.74) is 0.615. The number of hydrogen-bond acceptors (Lipinski definition) is 4. The number of nitrogens with zero attached hydrogens (tertiary/aromatic N) is 3. The van der Waals surface area contributed by atoms with E-state index in [0.29, 0.717) is 29.7 Å². The van der Waals surface area contributed by atoms with Crippen LogP contribution >= 0.6 is 0 Å². The second-order valence-corrected chi connectivity index (χ2v) is 8.03. The van der Waals surface area contributed by atoms with Gasteiger partial charge in [0.05, 0.1) is 17.2 Å². The lowest BCUT2D eigenvalue weighted by molar-refractivity contribution is 0.318. The predicted molar refractivity (Wildman–Crippen MR) is 83.2 cm³/mol. The zero-order valence-corrected chi connectivity index (χ0v) is 13.1. The molecule has 2 aliphatic rings. The highest BCUT2D eigenvalue weighted by atomic mass is 32.2. The topological polar surface area (TPSA) is 72.3 Å². The van der Waals surface area contributed by atoms with Crippen LogP contribution in [0.4, 0.5) is 0 Å². The molecule has 0 unspecified atom stereocenters. The van der Waals surface area contributed by atoms with Gasteiger partial charge in [0, 0.05) is 25.0 Å². The van der Waals surface area contributed by atoms with E-state index < -0.39 is 10.0 Å². The molecule has 6 nitrogen and oxygen atoms in total. The van der Waals surface area contributed by atoms with Gasteiger partial charge in [-0.15, -0.1) is 0 Å². The predicted octanol–water partition coefficient (Wildman–Crippen LogP) is 0.745. The summed E-state index contributed by atoms with van der Waals surface area (Å²) >= 11 is 0. The molecular weight excluding hydrogens is 302 g/mol. The summed E-state index contributed by atoms with van der Waals surface area (Å²) in [6.45, 7) is 0.398. The quantitative estimate of drug-likeness (QED) is 0.777. The van der Waals surface area contributed by atoms with Crippen molar-refractivity contribution in [3.8, 4) is 0 Å². The first-order valence-corrected chi connectivity index (χ1v) is 9.27. The third-order valence-corrected chi connectivity index (χ3v) is 6.05. The van der Waals surface area contributed by atoms with Crippen molar-refractivity contribution < 1.29 is 8.42 Å². The maximum absolute atomic E-state index is 12.7. The zero-order valence-electron chi connectivity index (χ0n) is 12.3. The molecular formula is C15H17N3O3S. The minimum atomic E-state index is -3.27. The van der Waals surface area contributed by atoms with E-state index in [1.165, 1.54) is 6.26 Å². The Morgan fingerprint density at radius 1 is 1.18 bits per heavy atom. The summed E-state index contributed by atoms with van der Waals surface area (Å²) in [5, 5.41) is 0.593. The molecule has 0 amide bonds. The summed E-state index contributed by atoms with van der Waals surface area (Å²) < 4.78 is 27.4. The van der Waals surface area contributed by atoms with E-state index in [0.717, 1.165) is 12.8 Å². The van der Waals surface area contributed by atoms with Gasteiger partial charge in [-0.1, -0.05) is 12.1 Å². The molecule has 1 fully saturated rings. The Morgan fingerprint density at radius 3 is 2.68 bits per heavy atom. The van der Waals surface area contributed by atoms with Crippen LogP contribution in [0, 0.1) is 0 Å². The molecule has 0 saturated carbocycles. The molecule has 2 aromatic rings. The Hall–Kier alpha value is -1.73. The number of benzene rings is 1. The van der Waals surface area contributed by atoms with Gasteiger partial charge in [0.25, 0.3) is 5.56 Å². The van der Waals surface area contributed by atoms with Gasteiger partial charge in [0.15, 0.2) is 0 Å². The Kier molecular flexibility index (Phi) is 2.93. The minimum absolute atomic E-state index is 0.0680. The van der Waals surface area contributed by atoms with Gasteiger partial charge in [-0.2, -0.15) is 4.31 Å². The van der Waals surface area contributed by atoms with Crippen LogP contribution in [-0.2, 0) is 23.0 Å². The van der Waals surface area contributed by atoms with Gasteiger partial charge >= 0.3 is 0 Å². The van der Waals surface area contributed by atoms with Crippen LogP contribution in [0.1, 0.15) is 18.7 Å². The molecule has 0 spiro atoms. The van der Waals surface area contributed by atoms with E-state index in [2.05, 4.69) is 4.98 Å². The van der Waals surface area contributed by atoms with E-state index in [9.17, 15) is 13.2 Å². The SMILES string of the molecule is CS(=O)(=O)N1[C@H]2CC[C@H]1Cn1c(nc3ccccc3c1=O)C2. The number of rotatable bonds is 1. The van der Waals surface area contributed by atoms with Gasteiger partial charge in [-0.05, 0) is 25.0 Å². The van der Waals surface area contributed by atoms with Crippen LogP contribution in [0.3, 0.4) is 0 Å². The smallest absolute Gasteiger partial charge is 0.261 e. The van der Waals surface area contributed by atoms with Crippen LogP contribution < -0.4 is 5.56 Å². The molecule has 0 N–H and O–H groups in total. The molecule has 3 heterocycles. The lowest BCUT2D eigenvalue weighted by Crippen LogP contribution is -2.41. The molecule has 0 radical (unpaired) electrons. The van der Waals surface area contributed by atoms with Gasteiger partial charge < -0.3 is 0 Å². The van der Waals surface area contributed by atoms with E-state index in [1.807, 2.05) is 18.2 Å². The molecule has 2 aliphatic heterocycles. The van der Waals surface area contributed by atoms with Crippen molar-refractivity contribution in [2.24, 2.45) is 0 Å². The maximum atomic E-state index is 12.7. The second-order valence-electron chi connectivity index (χ2n) is 6.14. The fraction of sp³-hybridized carbons (Fsp3) is 0.467. The van der Waals surface area contributed by atoms with Crippen LogP contribution in [0.5, 0.6) is 0 Å². The first kappa shape index (κ1) is 13.9. The monoisotopic (exact) mass is 319 g/mol. The number of aromatic nitrogens is 2. The summed E-state index contributed by atoms with van der Waals surface area (Å²) in [5.74, 6) is 0.699. The molecule has 1 saturated heterocycles. The highest BCUT2D eigenvalue weighted by Crippen LogP contribution is 2.32. The number of sulfonamides is 1. The van der Waals surface area contributed by atoms with Crippen LogP contribution in [0.25, 0.3) is 10.9 Å². The van der Waals surface area contributed by atoms with Crippen molar-refractivity contribution in [3.05, 3.63) is 40.4 Å². The Balaban J connectivity index is 1.92. The third kappa shape index (κ3) is 1.99. The standard InChI is InChI=1S/C15H17N3O3S/c1-22(20,21)18-10-6-7-11(18)9-17-14(8-10)16-13-5-3-2-4-12(13)15(17)19/h2-5,10-11H,6-9H2,1H3/t10-,11-/m0/s1. The number of fused-ring (bicyclic) bond motifs is 4. The van der Waals surface area contributed by atoms with E-state index in [1.54, 1.807) is 14.9 Å². The lowest BCUT2D eigenvalue weighted by Gasteiger charge is -2.24. The van der Waals surface area contributed by atoms with Crippen LogP contribution in [0.2, 0.25) is 0 Å². The average Bonchev–Trinajstić information content (AvgIpc) is 2.76. The van der Waals surface area contributed by atoms with Crippen LogP contribution in [0.15, 0.2) is 29.1 Å². The normalized spacial score (nSPS) is 25.1. The Bertz CT molecular complexity index is 919. The summed E-state index contributed by atoms with van der Waals surface area (Å²) in [7, 11) is -3.27. The molecule has 0 aliphatic carbocycles. The molecule has 22 heavy (non-hydrogen) atoms. The highest BCUT2D eigenvalue weighted by molar-refractivity contribution is 7.88. The molecule has 2 atom stereocenters. The van der Waals surface area contributed by atoms with Gasteiger partial charge in [0.1, 0.15) is 5.82 Å². The largest absolute Gasteiger partial charge is 0.294 e.